The van der Waals surface area contributed by atoms with E-state index in [9.17, 15) is 4.79 Å². The Balaban J connectivity index is 3.35. The van der Waals surface area contributed by atoms with Crippen LogP contribution in [0.2, 0.25) is 0 Å². The first-order valence-corrected chi connectivity index (χ1v) is 3.34. The van der Waals surface area contributed by atoms with Crippen LogP contribution in [0.25, 0.3) is 0 Å². The standard InChI is InChI=1S/C6H12N4O/c1-5-7-9(4)6(11)10(5)8(2)3/h1-4H3. The third kappa shape index (κ3) is 1.13. The lowest BCUT2D eigenvalue weighted by molar-refractivity contribution is 0.657. The lowest BCUT2D eigenvalue weighted by Crippen LogP contribution is -2.36. The van der Waals surface area contributed by atoms with Crippen molar-refractivity contribution in [3.05, 3.63) is 16.3 Å². The van der Waals surface area contributed by atoms with Gasteiger partial charge in [0.2, 0.25) is 0 Å². The lowest BCUT2D eigenvalue weighted by atomic mass is 10.7. The van der Waals surface area contributed by atoms with E-state index in [1.165, 1.54) is 9.36 Å². The molecule has 0 aliphatic carbocycles. The summed E-state index contributed by atoms with van der Waals surface area (Å²) in [5.74, 6) is 0.697. The van der Waals surface area contributed by atoms with Crippen LogP contribution >= 0.6 is 0 Å². The van der Waals surface area contributed by atoms with E-state index in [2.05, 4.69) is 5.10 Å². The highest BCUT2D eigenvalue weighted by Crippen LogP contribution is 1.86. The fraction of sp³-hybridized carbons (Fsp3) is 0.667. The summed E-state index contributed by atoms with van der Waals surface area (Å²) in [5, 5.41) is 5.66. The van der Waals surface area contributed by atoms with E-state index in [-0.39, 0.29) is 5.69 Å². The second-order valence-electron chi connectivity index (χ2n) is 2.61. The zero-order chi connectivity index (χ0) is 8.59. The van der Waals surface area contributed by atoms with Gasteiger partial charge < -0.3 is 5.01 Å². The van der Waals surface area contributed by atoms with Crippen LogP contribution < -0.4 is 10.7 Å². The Morgan fingerprint density at radius 1 is 1.45 bits per heavy atom. The number of aryl methyl sites for hydroxylation is 2. The summed E-state index contributed by atoms with van der Waals surface area (Å²) in [6.07, 6.45) is 0. The molecule has 1 aromatic rings. The van der Waals surface area contributed by atoms with Crippen molar-refractivity contribution in [2.45, 2.75) is 6.92 Å². The van der Waals surface area contributed by atoms with Crippen LogP contribution in [0.5, 0.6) is 0 Å². The Morgan fingerprint density at radius 3 is 2.18 bits per heavy atom. The number of hydrogen-bond acceptors (Lipinski definition) is 3. The highest BCUT2D eigenvalue weighted by atomic mass is 16.2. The fourth-order valence-corrected chi connectivity index (χ4v) is 1.04. The second kappa shape index (κ2) is 2.41. The SMILES string of the molecule is Cc1nn(C)c(=O)n1N(C)C. The molecule has 0 aromatic carbocycles. The Hall–Kier alpha value is -1.26. The van der Waals surface area contributed by atoms with Gasteiger partial charge in [0.25, 0.3) is 0 Å². The summed E-state index contributed by atoms with van der Waals surface area (Å²) >= 11 is 0. The van der Waals surface area contributed by atoms with Crippen LogP contribution in [0.3, 0.4) is 0 Å². The van der Waals surface area contributed by atoms with E-state index in [0.29, 0.717) is 5.82 Å². The van der Waals surface area contributed by atoms with Crippen LogP contribution in [0.1, 0.15) is 5.82 Å². The Labute approximate surface area is 64.8 Å². The molecule has 0 unspecified atom stereocenters. The van der Waals surface area contributed by atoms with Crippen molar-refractivity contribution in [1.82, 2.24) is 14.5 Å². The molecule has 0 saturated carbocycles. The molecule has 1 heterocycles. The van der Waals surface area contributed by atoms with Crippen molar-refractivity contribution in [3.8, 4) is 0 Å². The molecule has 1 rings (SSSR count). The molecule has 0 atom stereocenters. The maximum atomic E-state index is 11.3. The zero-order valence-corrected chi connectivity index (χ0v) is 7.20. The first-order chi connectivity index (χ1) is 5.04. The van der Waals surface area contributed by atoms with Crippen LogP contribution in [0.15, 0.2) is 4.79 Å². The van der Waals surface area contributed by atoms with Gasteiger partial charge in [0.05, 0.1) is 0 Å². The molecule has 0 aliphatic rings. The van der Waals surface area contributed by atoms with Crippen LogP contribution in [-0.4, -0.2) is 28.6 Å². The summed E-state index contributed by atoms with van der Waals surface area (Å²) in [6.45, 7) is 1.79. The summed E-state index contributed by atoms with van der Waals surface area (Å²) in [6, 6.07) is 0. The van der Waals surface area contributed by atoms with Crippen molar-refractivity contribution < 1.29 is 0 Å². The van der Waals surface area contributed by atoms with E-state index in [1.54, 1.807) is 33.1 Å². The topological polar surface area (TPSA) is 43.1 Å². The molecular formula is C6H12N4O. The molecule has 11 heavy (non-hydrogen) atoms. The Bertz CT molecular complexity index is 309. The summed E-state index contributed by atoms with van der Waals surface area (Å²) < 4.78 is 2.81. The van der Waals surface area contributed by atoms with Gasteiger partial charge in [-0.2, -0.15) is 9.77 Å². The van der Waals surface area contributed by atoms with Gasteiger partial charge in [-0.3, -0.25) is 0 Å². The second-order valence-corrected chi connectivity index (χ2v) is 2.61. The molecule has 0 spiro atoms. The summed E-state index contributed by atoms with van der Waals surface area (Å²) in [5.41, 5.74) is -0.118. The van der Waals surface area contributed by atoms with Crippen LogP contribution in [-0.2, 0) is 7.05 Å². The molecule has 1 aromatic heterocycles. The smallest absolute Gasteiger partial charge is 0.313 e. The van der Waals surface area contributed by atoms with Gasteiger partial charge in [0, 0.05) is 21.1 Å². The zero-order valence-electron chi connectivity index (χ0n) is 7.20. The molecule has 0 N–H and O–H groups in total. The van der Waals surface area contributed by atoms with Crippen LogP contribution in [0.4, 0.5) is 0 Å². The van der Waals surface area contributed by atoms with Crippen molar-refractivity contribution in [1.29, 1.82) is 0 Å². The van der Waals surface area contributed by atoms with Crippen molar-refractivity contribution in [2.24, 2.45) is 7.05 Å². The van der Waals surface area contributed by atoms with Gasteiger partial charge in [-0.05, 0) is 6.92 Å². The molecule has 0 fully saturated rings. The average Bonchev–Trinajstić information content (AvgIpc) is 2.07. The van der Waals surface area contributed by atoms with E-state index in [0.717, 1.165) is 0 Å². The Morgan fingerprint density at radius 2 is 2.00 bits per heavy atom. The van der Waals surface area contributed by atoms with E-state index >= 15 is 0 Å². The molecule has 62 valence electrons. The molecule has 0 amide bonds. The van der Waals surface area contributed by atoms with Crippen molar-refractivity contribution in [2.75, 3.05) is 19.1 Å². The van der Waals surface area contributed by atoms with Gasteiger partial charge in [-0.25, -0.2) is 9.48 Å². The van der Waals surface area contributed by atoms with Crippen LogP contribution in [0, 0.1) is 6.92 Å². The first kappa shape index (κ1) is 7.84. The van der Waals surface area contributed by atoms with Crippen molar-refractivity contribution in [3.63, 3.8) is 0 Å². The first-order valence-electron chi connectivity index (χ1n) is 3.34. The Kier molecular flexibility index (Phi) is 1.72. The minimum Gasteiger partial charge on any atom is -0.313 e. The lowest BCUT2D eigenvalue weighted by Gasteiger charge is -2.12. The third-order valence-electron chi connectivity index (χ3n) is 1.46. The molecule has 0 saturated heterocycles. The van der Waals surface area contributed by atoms with E-state index in [4.69, 9.17) is 0 Å². The van der Waals surface area contributed by atoms with Crippen molar-refractivity contribution >= 4 is 0 Å². The molecule has 5 nitrogen and oxygen atoms in total. The van der Waals surface area contributed by atoms with E-state index < -0.39 is 0 Å². The van der Waals surface area contributed by atoms with E-state index in [1.807, 2.05) is 0 Å². The van der Waals surface area contributed by atoms with Gasteiger partial charge in [-0.15, -0.1) is 0 Å². The predicted octanol–water partition coefficient (Wildman–Crippen LogP) is -0.912. The monoisotopic (exact) mass is 156 g/mol. The maximum absolute atomic E-state index is 11.3. The molecule has 0 aliphatic heterocycles. The molecular weight excluding hydrogens is 144 g/mol. The van der Waals surface area contributed by atoms with Gasteiger partial charge in [0.15, 0.2) is 5.82 Å². The largest absolute Gasteiger partial charge is 0.364 e. The fourth-order valence-electron chi connectivity index (χ4n) is 1.04. The average molecular weight is 156 g/mol. The molecule has 5 heteroatoms. The quantitative estimate of drug-likeness (QED) is 0.528. The highest BCUT2D eigenvalue weighted by Gasteiger charge is 2.06. The number of aromatic nitrogens is 3. The molecule has 0 radical (unpaired) electrons. The minimum atomic E-state index is -0.118. The molecule has 0 bridgehead atoms. The third-order valence-corrected chi connectivity index (χ3v) is 1.46. The normalized spacial score (nSPS) is 10.2. The summed E-state index contributed by atoms with van der Waals surface area (Å²) in [4.78, 5) is 11.3. The summed E-state index contributed by atoms with van der Waals surface area (Å²) in [7, 11) is 5.24. The van der Waals surface area contributed by atoms with Gasteiger partial charge in [-0.1, -0.05) is 0 Å². The van der Waals surface area contributed by atoms with Gasteiger partial charge >= 0.3 is 5.69 Å². The highest BCUT2D eigenvalue weighted by molar-refractivity contribution is 4.88. The van der Waals surface area contributed by atoms with Gasteiger partial charge in [0.1, 0.15) is 0 Å². The number of rotatable bonds is 1. The maximum Gasteiger partial charge on any atom is 0.364 e. The number of nitrogens with zero attached hydrogens (tertiary/aromatic N) is 4. The minimum absolute atomic E-state index is 0.118. The predicted molar refractivity (Wildman–Crippen MR) is 42.3 cm³/mol. The number of hydrogen-bond donors (Lipinski definition) is 0.